The SMILES string of the molecule is Cc1ccc(S(=O)(=O)ON=C(Cc2ccccc2)Cc2ccccc2)cc1. The van der Waals surface area contributed by atoms with E-state index in [1.165, 1.54) is 12.1 Å². The van der Waals surface area contributed by atoms with Gasteiger partial charge in [0.15, 0.2) is 0 Å². The maximum absolute atomic E-state index is 12.4. The predicted molar refractivity (Wildman–Crippen MR) is 107 cm³/mol. The van der Waals surface area contributed by atoms with Crippen LogP contribution in [0.4, 0.5) is 0 Å². The van der Waals surface area contributed by atoms with Gasteiger partial charge in [0.25, 0.3) is 0 Å². The van der Waals surface area contributed by atoms with Crippen LogP contribution in [0.1, 0.15) is 16.7 Å². The zero-order valence-corrected chi connectivity index (χ0v) is 15.9. The average Bonchev–Trinajstić information content (AvgIpc) is 2.68. The van der Waals surface area contributed by atoms with Crippen LogP contribution < -0.4 is 0 Å². The molecule has 0 N–H and O–H groups in total. The molecule has 0 aliphatic rings. The molecule has 0 atom stereocenters. The van der Waals surface area contributed by atoms with Gasteiger partial charge in [0, 0.05) is 12.8 Å². The summed E-state index contributed by atoms with van der Waals surface area (Å²) in [6.45, 7) is 1.90. The Kier molecular flexibility index (Phi) is 6.04. The Morgan fingerprint density at radius 2 is 1.26 bits per heavy atom. The fourth-order valence-electron chi connectivity index (χ4n) is 2.64. The molecule has 0 heterocycles. The van der Waals surface area contributed by atoms with E-state index in [0.717, 1.165) is 16.7 Å². The lowest BCUT2D eigenvalue weighted by Gasteiger charge is -2.08. The summed E-state index contributed by atoms with van der Waals surface area (Å²) in [5.74, 6) is 0. The smallest absolute Gasteiger partial charge is 0.265 e. The van der Waals surface area contributed by atoms with Crippen LogP contribution in [0.25, 0.3) is 0 Å². The first-order valence-electron chi connectivity index (χ1n) is 8.67. The summed E-state index contributed by atoms with van der Waals surface area (Å²) in [4.78, 5) is 0.0932. The van der Waals surface area contributed by atoms with E-state index in [-0.39, 0.29) is 4.90 Å². The molecule has 138 valence electrons. The molecule has 5 heteroatoms. The molecule has 3 aromatic rings. The third-order valence-electron chi connectivity index (χ3n) is 4.08. The number of hydrogen-bond donors (Lipinski definition) is 0. The van der Waals surface area contributed by atoms with Crippen LogP contribution in [-0.4, -0.2) is 14.1 Å². The Balaban J connectivity index is 1.83. The minimum Gasteiger partial charge on any atom is -0.265 e. The summed E-state index contributed by atoms with van der Waals surface area (Å²) in [6, 6.07) is 26.1. The van der Waals surface area contributed by atoms with Crippen LogP contribution in [0, 0.1) is 6.92 Å². The van der Waals surface area contributed by atoms with Crippen molar-refractivity contribution in [1.82, 2.24) is 0 Å². The van der Waals surface area contributed by atoms with Crippen molar-refractivity contribution in [3.8, 4) is 0 Å². The Morgan fingerprint density at radius 1 is 0.778 bits per heavy atom. The van der Waals surface area contributed by atoms with Crippen LogP contribution >= 0.6 is 0 Å². The molecule has 0 radical (unpaired) electrons. The van der Waals surface area contributed by atoms with Crippen molar-refractivity contribution in [3.05, 3.63) is 102 Å². The summed E-state index contributed by atoms with van der Waals surface area (Å²) in [5, 5.41) is 4.01. The van der Waals surface area contributed by atoms with Crippen molar-refractivity contribution in [1.29, 1.82) is 0 Å². The van der Waals surface area contributed by atoms with Gasteiger partial charge in [-0.1, -0.05) is 83.5 Å². The lowest BCUT2D eigenvalue weighted by atomic mass is 10.0. The summed E-state index contributed by atoms with van der Waals surface area (Å²) in [6.07, 6.45) is 1.03. The van der Waals surface area contributed by atoms with Gasteiger partial charge in [-0.2, -0.15) is 8.42 Å². The second-order valence-electron chi connectivity index (χ2n) is 6.32. The fraction of sp³-hybridized carbons (Fsp3) is 0.136. The molecule has 0 aromatic heterocycles. The summed E-state index contributed by atoms with van der Waals surface area (Å²) in [7, 11) is -3.94. The first-order chi connectivity index (χ1) is 13.0. The third kappa shape index (κ3) is 5.53. The van der Waals surface area contributed by atoms with Crippen molar-refractivity contribution in [3.63, 3.8) is 0 Å². The standard InChI is InChI=1S/C22H21NO3S/c1-18-12-14-22(15-13-18)27(24,25)26-23-21(16-19-8-4-2-5-9-19)17-20-10-6-3-7-11-20/h2-15H,16-17H2,1H3. The van der Waals surface area contributed by atoms with E-state index in [4.69, 9.17) is 4.28 Å². The second kappa shape index (κ2) is 8.64. The topological polar surface area (TPSA) is 55.7 Å². The van der Waals surface area contributed by atoms with E-state index in [1.807, 2.05) is 67.6 Å². The van der Waals surface area contributed by atoms with Crippen molar-refractivity contribution < 1.29 is 12.7 Å². The largest absolute Gasteiger partial charge is 0.358 e. The zero-order chi connectivity index (χ0) is 19.1. The molecule has 3 aromatic carbocycles. The molecular weight excluding hydrogens is 358 g/mol. The van der Waals surface area contributed by atoms with Crippen LogP contribution in [0.3, 0.4) is 0 Å². The van der Waals surface area contributed by atoms with E-state index >= 15 is 0 Å². The lowest BCUT2D eigenvalue weighted by Crippen LogP contribution is -2.11. The highest BCUT2D eigenvalue weighted by atomic mass is 32.2. The number of oxime groups is 1. The second-order valence-corrected chi connectivity index (χ2v) is 7.85. The van der Waals surface area contributed by atoms with E-state index in [1.54, 1.807) is 12.1 Å². The number of benzene rings is 3. The first-order valence-corrected chi connectivity index (χ1v) is 10.1. The lowest BCUT2D eigenvalue weighted by molar-refractivity contribution is 0.337. The van der Waals surface area contributed by atoms with Gasteiger partial charge in [-0.25, -0.2) is 0 Å². The molecular formula is C22H21NO3S. The van der Waals surface area contributed by atoms with Crippen molar-refractivity contribution >= 4 is 15.8 Å². The monoisotopic (exact) mass is 379 g/mol. The van der Waals surface area contributed by atoms with Crippen molar-refractivity contribution in [2.24, 2.45) is 5.16 Å². The van der Waals surface area contributed by atoms with Crippen LogP contribution in [0.15, 0.2) is 95.0 Å². The fourth-order valence-corrected chi connectivity index (χ4v) is 3.40. The summed E-state index contributed by atoms with van der Waals surface area (Å²) >= 11 is 0. The molecule has 0 saturated carbocycles. The number of rotatable bonds is 7. The molecule has 4 nitrogen and oxygen atoms in total. The Bertz CT molecular complexity index is 953. The van der Waals surface area contributed by atoms with Gasteiger partial charge >= 0.3 is 10.1 Å². The molecule has 0 amide bonds. The van der Waals surface area contributed by atoms with Gasteiger partial charge in [0.1, 0.15) is 4.90 Å². The predicted octanol–water partition coefficient (Wildman–Crippen LogP) is 4.54. The molecule has 3 rings (SSSR count). The molecule has 27 heavy (non-hydrogen) atoms. The van der Waals surface area contributed by atoms with E-state index in [0.29, 0.717) is 18.6 Å². The van der Waals surface area contributed by atoms with Gasteiger partial charge in [-0.05, 0) is 30.2 Å². The third-order valence-corrected chi connectivity index (χ3v) is 5.20. The number of hydrogen-bond acceptors (Lipinski definition) is 4. The van der Waals surface area contributed by atoms with Gasteiger partial charge in [-0.3, -0.25) is 4.28 Å². The van der Waals surface area contributed by atoms with Crippen molar-refractivity contribution in [2.75, 3.05) is 0 Å². The quantitative estimate of drug-likeness (QED) is 0.447. The number of aryl methyl sites for hydroxylation is 1. The van der Waals surface area contributed by atoms with Crippen molar-refractivity contribution in [2.45, 2.75) is 24.7 Å². The van der Waals surface area contributed by atoms with Gasteiger partial charge in [0.05, 0.1) is 5.71 Å². The molecule has 0 bridgehead atoms. The van der Waals surface area contributed by atoms with E-state index in [2.05, 4.69) is 5.16 Å². The molecule has 0 fully saturated rings. The normalized spacial score (nSPS) is 11.0. The van der Waals surface area contributed by atoms with E-state index in [9.17, 15) is 8.42 Å². The molecule has 0 spiro atoms. The van der Waals surface area contributed by atoms with Crippen LogP contribution in [0.2, 0.25) is 0 Å². The first kappa shape index (κ1) is 18.9. The maximum atomic E-state index is 12.4. The minimum atomic E-state index is -3.94. The Hall–Kier alpha value is -2.92. The molecule has 0 aliphatic carbocycles. The highest BCUT2D eigenvalue weighted by molar-refractivity contribution is 7.86. The highest BCUT2D eigenvalue weighted by Gasteiger charge is 2.16. The summed E-state index contributed by atoms with van der Waals surface area (Å²) < 4.78 is 29.9. The molecule has 0 saturated heterocycles. The maximum Gasteiger partial charge on any atom is 0.358 e. The highest BCUT2D eigenvalue weighted by Crippen LogP contribution is 2.15. The molecule has 0 unspecified atom stereocenters. The molecule has 0 aliphatic heterocycles. The van der Waals surface area contributed by atoms with Crippen LogP contribution in [-0.2, 0) is 27.2 Å². The zero-order valence-electron chi connectivity index (χ0n) is 15.1. The van der Waals surface area contributed by atoms with E-state index < -0.39 is 10.1 Å². The Labute approximate surface area is 160 Å². The van der Waals surface area contributed by atoms with Crippen LogP contribution in [0.5, 0.6) is 0 Å². The van der Waals surface area contributed by atoms with Gasteiger partial charge in [-0.15, -0.1) is 0 Å². The number of nitrogens with zero attached hydrogens (tertiary/aromatic N) is 1. The van der Waals surface area contributed by atoms with Gasteiger partial charge < -0.3 is 0 Å². The summed E-state index contributed by atoms with van der Waals surface area (Å²) in [5.41, 5.74) is 3.71. The van der Waals surface area contributed by atoms with Gasteiger partial charge in [0.2, 0.25) is 0 Å². The minimum absolute atomic E-state index is 0.0932. The Morgan fingerprint density at radius 3 is 1.74 bits per heavy atom. The average molecular weight is 379 g/mol.